The molecule has 0 bridgehead atoms. The Morgan fingerprint density at radius 2 is 0.562 bits per heavy atom. The minimum atomic E-state index is 0.619. The van der Waals surface area contributed by atoms with Gasteiger partial charge in [-0.1, -0.05) is 180 Å². The highest BCUT2D eigenvalue weighted by molar-refractivity contribution is 6.16. The molecular weight excluding hydrogens is 975 g/mol. The Kier molecular flexibility index (Phi) is 10.1. The van der Waals surface area contributed by atoms with E-state index in [2.05, 4.69) is 283 Å². The van der Waals surface area contributed by atoms with Gasteiger partial charge in [0.2, 0.25) is 0 Å². The molecule has 0 saturated heterocycles. The molecular formula is C73H51N7. The predicted molar refractivity (Wildman–Crippen MR) is 332 cm³/mol. The van der Waals surface area contributed by atoms with Gasteiger partial charge in [0, 0.05) is 54.2 Å². The number of hydrogen-bond donors (Lipinski definition) is 0. The van der Waals surface area contributed by atoms with Crippen molar-refractivity contribution >= 4 is 87.2 Å². The SMILES string of the molecule is Cc1ccc2c(c1)c1cc(C)ccc1n2-c1nc(-n2c3ccc(C)cc3c3cc(C)ccc32)c(-n2c3ccccc3c3ccccc32)c(-c2cc(-c3ccccc3)nc(-c3ccccc3)n2)c1-n1c2ccccc2c2ccccc21. The molecule has 0 aliphatic carbocycles. The van der Waals surface area contributed by atoms with Gasteiger partial charge in [0.1, 0.15) is 11.4 Å². The second-order valence-electron chi connectivity index (χ2n) is 21.5. The van der Waals surface area contributed by atoms with E-state index in [1.807, 2.05) is 0 Å². The summed E-state index contributed by atoms with van der Waals surface area (Å²) in [6, 6.07) is 85.9. The fourth-order valence-corrected chi connectivity index (χ4v) is 12.9. The molecule has 0 radical (unpaired) electrons. The Balaban J connectivity index is 1.25. The van der Waals surface area contributed by atoms with Crippen LogP contribution in [0, 0.1) is 27.7 Å². The van der Waals surface area contributed by atoms with Crippen molar-refractivity contribution in [2.24, 2.45) is 0 Å². The van der Waals surface area contributed by atoms with E-state index >= 15 is 0 Å². The summed E-state index contributed by atoms with van der Waals surface area (Å²) in [4.78, 5) is 17.9. The van der Waals surface area contributed by atoms with Gasteiger partial charge in [0.05, 0.1) is 61.1 Å². The second kappa shape index (κ2) is 17.6. The average molecular weight is 1030 g/mol. The van der Waals surface area contributed by atoms with Crippen LogP contribution in [0.4, 0.5) is 0 Å². The average Bonchev–Trinajstić information content (AvgIpc) is 4.41. The van der Waals surface area contributed by atoms with Crippen LogP contribution in [0.5, 0.6) is 0 Å². The Morgan fingerprint density at radius 1 is 0.250 bits per heavy atom. The summed E-state index contributed by atoms with van der Waals surface area (Å²) in [6.45, 7) is 8.75. The van der Waals surface area contributed by atoms with Gasteiger partial charge in [-0.15, -0.1) is 0 Å². The van der Waals surface area contributed by atoms with Gasteiger partial charge in [-0.2, -0.15) is 0 Å². The van der Waals surface area contributed by atoms with E-state index in [1.165, 1.54) is 22.3 Å². The summed E-state index contributed by atoms with van der Waals surface area (Å²) in [7, 11) is 0. The van der Waals surface area contributed by atoms with Gasteiger partial charge in [-0.3, -0.25) is 9.13 Å². The number of benzene rings is 10. The molecule has 0 aliphatic heterocycles. The zero-order chi connectivity index (χ0) is 53.3. The molecule has 7 heteroatoms. The number of aromatic nitrogens is 7. The molecule has 0 N–H and O–H groups in total. The van der Waals surface area contributed by atoms with Crippen molar-refractivity contribution in [3.8, 4) is 56.9 Å². The van der Waals surface area contributed by atoms with Crippen LogP contribution in [0.3, 0.4) is 0 Å². The Morgan fingerprint density at radius 3 is 0.938 bits per heavy atom. The smallest absolute Gasteiger partial charge is 0.165 e. The molecule has 0 amide bonds. The number of nitrogens with zero attached hydrogens (tertiary/aromatic N) is 7. The summed E-state index contributed by atoms with van der Waals surface area (Å²) in [5, 5.41) is 9.21. The molecule has 0 aliphatic rings. The lowest BCUT2D eigenvalue weighted by Gasteiger charge is -2.26. The number of hydrogen-bond acceptors (Lipinski definition) is 3. The molecule has 6 heterocycles. The lowest BCUT2D eigenvalue weighted by atomic mass is 10.0. The van der Waals surface area contributed by atoms with Crippen LogP contribution in [0.25, 0.3) is 144 Å². The van der Waals surface area contributed by atoms with Crippen LogP contribution < -0.4 is 0 Å². The largest absolute Gasteiger partial charge is 0.305 e. The maximum Gasteiger partial charge on any atom is 0.165 e. The molecule has 10 aromatic carbocycles. The third-order valence-corrected chi connectivity index (χ3v) is 16.4. The first-order valence-electron chi connectivity index (χ1n) is 27.4. The molecule has 0 saturated carbocycles. The van der Waals surface area contributed by atoms with Gasteiger partial charge in [0.15, 0.2) is 17.5 Å². The Hall–Kier alpha value is -10.4. The highest BCUT2D eigenvalue weighted by atomic mass is 15.2. The highest BCUT2D eigenvalue weighted by Crippen LogP contribution is 2.49. The van der Waals surface area contributed by atoms with E-state index in [0.29, 0.717) is 5.82 Å². The first-order valence-corrected chi connectivity index (χ1v) is 27.4. The fraction of sp³-hybridized carbons (Fsp3) is 0.0548. The van der Waals surface area contributed by atoms with E-state index < -0.39 is 0 Å². The summed E-state index contributed by atoms with van der Waals surface area (Å²) < 4.78 is 9.83. The molecule has 0 fully saturated rings. The van der Waals surface area contributed by atoms with Crippen LogP contribution in [0.15, 0.2) is 237 Å². The van der Waals surface area contributed by atoms with Crippen molar-refractivity contribution in [3.05, 3.63) is 259 Å². The second-order valence-corrected chi connectivity index (χ2v) is 21.5. The third-order valence-electron chi connectivity index (χ3n) is 16.4. The monoisotopic (exact) mass is 1030 g/mol. The molecule has 0 spiro atoms. The molecule has 80 heavy (non-hydrogen) atoms. The van der Waals surface area contributed by atoms with E-state index in [-0.39, 0.29) is 0 Å². The van der Waals surface area contributed by atoms with Gasteiger partial charge in [-0.05, 0) is 107 Å². The van der Waals surface area contributed by atoms with Gasteiger partial charge in [-0.25, -0.2) is 15.0 Å². The molecule has 0 unspecified atom stereocenters. The topological polar surface area (TPSA) is 58.4 Å². The molecule has 0 atom stereocenters. The lowest BCUT2D eigenvalue weighted by Crippen LogP contribution is -2.16. The normalized spacial score (nSPS) is 12.0. The van der Waals surface area contributed by atoms with Crippen LogP contribution in [-0.2, 0) is 0 Å². The summed E-state index contributed by atoms with van der Waals surface area (Å²) in [5.41, 5.74) is 19.3. The van der Waals surface area contributed by atoms with E-state index in [9.17, 15) is 0 Å². The minimum absolute atomic E-state index is 0.619. The van der Waals surface area contributed by atoms with Gasteiger partial charge in [0.25, 0.3) is 0 Å². The Labute approximate surface area is 461 Å². The number of para-hydroxylation sites is 4. The lowest BCUT2D eigenvalue weighted by molar-refractivity contribution is 0.958. The fourth-order valence-electron chi connectivity index (χ4n) is 12.9. The summed E-state index contributed by atoms with van der Waals surface area (Å²) in [6.07, 6.45) is 0. The first kappa shape index (κ1) is 45.8. The van der Waals surface area contributed by atoms with E-state index in [1.54, 1.807) is 0 Å². The number of fused-ring (bicyclic) bond motifs is 12. The Bertz CT molecular complexity index is 4680. The number of rotatable bonds is 7. The molecule has 6 aromatic heterocycles. The zero-order valence-electron chi connectivity index (χ0n) is 44.6. The molecule has 16 rings (SSSR count). The third kappa shape index (κ3) is 6.83. The zero-order valence-corrected chi connectivity index (χ0v) is 44.6. The van der Waals surface area contributed by atoms with Crippen molar-refractivity contribution in [1.29, 1.82) is 0 Å². The van der Waals surface area contributed by atoms with Crippen molar-refractivity contribution in [1.82, 2.24) is 33.2 Å². The standard InChI is InChI=1S/C73H51N7/c1-44-31-35-64-54(39-44)55-40-45(2)32-36-65(55)79(64)72-69(77-60-27-15-11-23-50(60)51-24-12-16-28-61(51)77)68(59-43-58(48-19-7-5-8-20-48)74-71(75-59)49-21-9-6-10-22-49)70(78-62-29-17-13-25-52(62)53-26-14-18-30-63(53)78)73(76-72)80-66-37-33-46(3)41-56(66)57-42-47(4)34-38-67(57)80/h5-43H,1-4H3. The van der Waals surface area contributed by atoms with Crippen LogP contribution in [-0.4, -0.2) is 33.2 Å². The quantitative estimate of drug-likeness (QED) is 0.160. The van der Waals surface area contributed by atoms with Crippen molar-refractivity contribution in [3.63, 3.8) is 0 Å². The van der Waals surface area contributed by atoms with E-state index in [0.717, 1.165) is 138 Å². The van der Waals surface area contributed by atoms with Crippen LogP contribution in [0.2, 0.25) is 0 Å². The molecule has 378 valence electrons. The van der Waals surface area contributed by atoms with Crippen molar-refractivity contribution in [2.45, 2.75) is 27.7 Å². The maximum atomic E-state index is 6.48. The van der Waals surface area contributed by atoms with Crippen LogP contribution >= 0.6 is 0 Å². The maximum absolute atomic E-state index is 6.48. The van der Waals surface area contributed by atoms with E-state index in [4.69, 9.17) is 15.0 Å². The van der Waals surface area contributed by atoms with Gasteiger partial charge >= 0.3 is 0 Å². The molecule has 16 aromatic rings. The summed E-state index contributed by atoms with van der Waals surface area (Å²) in [5.74, 6) is 2.14. The highest BCUT2D eigenvalue weighted by Gasteiger charge is 2.34. The predicted octanol–water partition coefficient (Wildman–Crippen LogP) is 18.5. The summed E-state index contributed by atoms with van der Waals surface area (Å²) >= 11 is 0. The van der Waals surface area contributed by atoms with Crippen molar-refractivity contribution in [2.75, 3.05) is 0 Å². The first-order chi connectivity index (χ1) is 39.3. The minimum Gasteiger partial charge on any atom is -0.305 e. The molecule has 7 nitrogen and oxygen atoms in total. The number of aryl methyl sites for hydroxylation is 4. The van der Waals surface area contributed by atoms with Gasteiger partial charge < -0.3 is 9.13 Å². The number of pyridine rings is 1. The van der Waals surface area contributed by atoms with Crippen LogP contribution in [0.1, 0.15) is 22.3 Å². The van der Waals surface area contributed by atoms with Crippen molar-refractivity contribution < 1.29 is 0 Å².